The number of rotatable bonds is 5. The van der Waals surface area contributed by atoms with Gasteiger partial charge in [0.1, 0.15) is 0 Å². The highest BCUT2D eigenvalue weighted by Gasteiger charge is 2.45. The number of aliphatic carboxylic acids is 1. The largest absolute Gasteiger partial charge is 0.481 e. The first kappa shape index (κ1) is 16.8. The zero-order valence-electron chi connectivity index (χ0n) is 12.0. The zero-order valence-corrected chi connectivity index (χ0v) is 12.0. The molecule has 0 spiro atoms. The molecule has 0 aliphatic carbocycles. The maximum absolute atomic E-state index is 13.9. The van der Waals surface area contributed by atoms with Crippen molar-refractivity contribution in [3.63, 3.8) is 0 Å². The van der Waals surface area contributed by atoms with E-state index in [0.29, 0.717) is 6.07 Å². The lowest BCUT2D eigenvalue weighted by Crippen LogP contribution is -2.50. The van der Waals surface area contributed by atoms with Crippen LogP contribution in [0.25, 0.3) is 0 Å². The minimum atomic E-state index is -1.42. The highest BCUT2D eigenvalue weighted by molar-refractivity contribution is 5.77. The van der Waals surface area contributed by atoms with E-state index in [1.165, 1.54) is 27.7 Å². The van der Waals surface area contributed by atoms with E-state index in [4.69, 9.17) is 0 Å². The van der Waals surface area contributed by atoms with Crippen LogP contribution in [0.3, 0.4) is 0 Å². The first-order valence-electron chi connectivity index (χ1n) is 6.06. The second kappa shape index (κ2) is 5.27. The number of anilines is 1. The fourth-order valence-corrected chi connectivity index (χ4v) is 1.55. The summed E-state index contributed by atoms with van der Waals surface area (Å²) in [5, 5.41) is 22.6. The Balaban J connectivity index is 3.39. The number of nitrogens with one attached hydrogen (secondary N) is 1. The Hall–Kier alpha value is -2.25. The molecule has 0 unspecified atom stereocenters. The molecule has 0 heterocycles. The molecule has 0 aliphatic rings. The summed E-state index contributed by atoms with van der Waals surface area (Å²) < 4.78 is 27.2. The molecule has 0 saturated heterocycles. The quantitative estimate of drug-likeness (QED) is 0.643. The standard InChI is InChI=1S/C13H16F2N2O4/c1-12(2,11(18)19)13(3,4)16-10-8(17(20)21)6-5-7(14)9(10)15/h5-6,16H,1-4H3,(H,18,19). The van der Waals surface area contributed by atoms with Crippen LogP contribution in [-0.2, 0) is 4.79 Å². The van der Waals surface area contributed by atoms with Gasteiger partial charge in [-0.1, -0.05) is 0 Å². The molecule has 1 aromatic carbocycles. The van der Waals surface area contributed by atoms with Crippen molar-refractivity contribution in [2.24, 2.45) is 5.41 Å². The van der Waals surface area contributed by atoms with Gasteiger partial charge in [-0.2, -0.15) is 0 Å². The van der Waals surface area contributed by atoms with Crippen LogP contribution in [-0.4, -0.2) is 21.5 Å². The Morgan fingerprint density at radius 1 is 1.29 bits per heavy atom. The number of nitro benzene ring substituents is 1. The number of benzene rings is 1. The molecule has 0 atom stereocenters. The van der Waals surface area contributed by atoms with Crippen molar-refractivity contribution in [3.05, 3.63) is 33.9 Å². The van der Waals surface area contributed by atoms with Gasteiger partial charge in [-0.3, -0.25) is 14.9 Å². The van der Waals surface area contributed by atoms with Gasteiger partial charge < -0.3 is 10.4 Å². The molecule has 0 aromatic heterocycles. The molecule has 1 aromatic rings. The number of nitro groups is 1. The smallest absolute Gasteiger partial charge is 0.311 e. The first-order chi connectivity index (χ1) is 9.41. The van der Waals surface area contributed by atoms with Gasteiger partial charge in [0, 0.05) is 11.6 Å². The normalized spacial score (nSPS) is 12.1. The van der Waals surface area contributed by atoms with Gasteiger partial charge in [0.05, 0.1) is 10.3 Å². The van der Waals surface area contributed by atoms with Crippen LogP contribution in [0.15, 0.2) is 12.1 Å². The summed E-state index contributed by atoms with van der Waals surface area (Å²) in [4.78, 5) is 21.3. The predicted octanol–water partition coefficient (Wildman–Crippen LogP) is 3.17. The number of hydrogen-bond donors (Lipinski definition) is 2. The van der Waals surface area contributed by atoms with E-state index >= 15 is 0 Å². The van der Waals surface area contributed by atoms with Gasteiger partial charge in [-0.25, -0.2) is 8.78 Å². The Kier molecular flexibility index (Phi) is 4.21. The van der Waals surface area contributed by atoms with Crippen LogP contribution < -0.4 is 5.32 Å². The van der Waals surface area contributed by atoms with Crippen LogP contribution in [0.2, 0.25) is 0 Å². The lowest BCUT2D eigenvalue weighted by Gasteiger charge is -2.39. The number of nitrogens with zero attached hydrogens (tertiary/aromatic N) is 1. The summed E-state index contributed by atoms with van der Waals surface area (Å²) in [5.41, 5.74) is -4.00. The van der Waals surface area contributed by atoms with Crippen molar-refractivity contribution in [2.45, 2.75) is 33.2 Å². The number of carbonyl (C=O) groups is 1. The molecule has 1 rings (SSSR count). The van der Waals surface area contributed by atoms with Gasteiger partial charge in [-0.05, 0) is 33.8 Å². The van der Waals surface area contributed by atoms with Gasteiger partial charge in [0.25, 0.3) is 5.69 Å². The number of carboxylic acids is 1. The Bertz CT molecular complexity index is 600. The van der Waals surface area contributed by atoms with Gasteiger partial charge in [0.2, 0.25) is 0 Å². The molecule has 0 bridgehead atoms. The number of halogens is 2. The number of hydrogen-bond acceptors (Lipinski definition) is 4. The topological polar surface area (TPSA) is 92.5 Å². The van der Waals surface area contributed by atoms with Crippen molar-refractivity contribution < 1.29 is 23.6 Å². The Morgan fingerprint density at radius 2 is 1.81 bits per heavy atom. The summed E-state index contributed by atoms with van der Waals surface area (Å²) in [6.07, 6.45) is 0. The molecule has 2 N–H and O–H groups in total. The molecule has 0 aliphatic heterocycles. The van der Waals surface area contributed by atoms with E-state index in [1.54, 1.807) is 0 Å². The third-order valence-electron chi connectivity index (χ3n) is 3.80. The minimum Gasteiger partial charge on any atom is -0.481 e. The summed E-state index contributed by atoms with van der Waals surface area (Å²) in [7, 11) is 0. The molecule has 0 saturated carbocycles. The van der Waals surface area contributed by atoms with Crippen molar-refractivity contribution in [1.29, 1.82) is 0 Å². The summed E-state index contributed by atoms with van der Waals surface area (Å²) in [6.45, 7) is 5.64. The van der Waals surface area contributed by atoms with E-state index in [9.17, 15) is 28.8 Å². The van der Waals surface area contributed by atoms with E-state index in [0.717, 1.165) is 6.07 Å². The molecular weight excluding hydrogens is 286 g/mol. The molecule has 8 heteroatoms. The average Bonchev–Trinajstić information content (AvgIpc) is 2.34. The average molecular weight is 302 g/mol. The van der Waals surface area contributed by atoms with E-state index in [-0.39, 0.29) is 0 Å². The maximum atomic E-state index is 13.9. The number of carboxylic acid groups (broad SMARTS) is 1. The molecular formula is C13H16F2N2O4. The highest BCUT2D eigenvalue weighted by atomic mass is 19.2. The van der Waals surface area contributed by atoms with E-state index in [1.807, 2.05) is 0 Å². The Morgan fingerprint density at radius 3 is 2.24 bits per heavy atom. The van der Waals surface area contributed by atoms with Gasteiger partial charge in [0.15, 0.2) is 17.3 Å². The van der Waals surface area contributed by atoms with E-state index < -0.39 is 44.9 Å². The van der Waals surface area contributed by atoms with Crippen molar-refractivity contribution >= 4 is 17.3 Å². The van der Waals surface area contributed by atoms with Crippen LogP contribution in [0.1, 0.15) is 27.7 Å². The highest BCUT2D eigenvalue weighted by Crippen LogP contribution is 2.38. The second-order valence-electron chi connectivity index (χ2n) is 5.69. The minimum absolute atomic E-state index is 0.647. The SMILES string of the molecule is CC(C)(Nc1c([N+](=O)[O-])ccc(F)c1F)C(C)(C)C(=O)O. The van der Waals surface area contributed by atoms with Crippen LogP contribution in [0.5, 0.6) is 0 Å². The van der Waals surface area contributed by atoms with Crippen molar-refractivity contribution in [2.75, 3.05) is 5.32 Å². The molecule has 21 heavy (non-hydrogen) atoms. The molecule has 0 amide bonds. The van der Waals surface area contributed by atoms with Crippen LogP contribution in [0.4, 0.5) is 20.2 Å². The summed E-state index contributed by atoms with van der Waals surface area (Å²) in [6, 6.07) is 1.47. The van der Waals surface area contributed by atoms with Gasteiger partial charge in [-0.15, -0.1) is 0 Å². The lowest BCUT2D eigenvalue weighted by atomic mass is 9.74. The van der Waals surface area contributed by atoms with Crippen molar-refractivity contribution in [3.8, 4) is 0 Å². The fraction of sp³-hybridized carbons (Fsp3) is 0.462. The third kappa shape index (κ3) is 2.93. The summed E-state index contributed by atoms with van der Waals surface area (Å²) >= 11 is 0. The third-order valence-corrected chi connectivity index (χ3v) is 3.80. The fourth-order valence-electron chi connectivity index (χ4n) is 1.55. The summed E-state index contributed by atoms with van der Waals surface area (Å²) in [5.74, 6) is -3.86. The van der Waals surface area contributed by atoms with Crippen LogP contribution in [0, 0.1) is 27.2 Å². The molecule has 6 nitrogen and oxygen atoms in total. The first-order valence-corrected chi connectivity index (χ1v) is 6.06. The second-order valence-corrected chi connectivity index (χ2v) is 5.69. The Labute approximate surface area is 119 Å². The van der Waals surface area contributed by atoms with Crippen LogP contribution >= 0.6 is 0 Å². The monoisotopic (exact) mass is 302 g/mol. The zero-order chi connectivity index (χ0) is 16.6. The lowest BCUT2D eigenvalue weighted by molar-refractivity contribution is -0.384. The predicted molar refractivity (Wildman–Crippen MR) is 72.1 cm³/mol. The van der Waals surface area contributed by atoms with E-state index in [2.05, 4.69) is 5.32 Å². The molecule has 116 valence electrons. The van der Waals surface area contributed by atoms with Gasteiger partial charge >= 0.3 is 5.97 Å². The van der Waals surface area contributed by atoms with Crippen molar-refractivity contribution in [1.82, 2.24) is 0 Å². The molecule has 0 radical (unpaired) electrons. The molecule has 0 fully saturated rings. The maximum Gasteiger partial charge on any atom is 0.311 e.